The summed E-state index contributed by atoms with van der Waals surface area (Å²) in [6.45, 7) is 8.31. The van der Waals surface area contributed by atoms with E-state index in [1.807, 2.05) is 19.9 Å². The number of rotatable bonds is 4. The molecule has 8 heteroatoms. The van der Waals surface area contributed by atoms with E-state index < -0.39 is 0 Å². The number of aromatic nitrogens is 4. The van der Waals surface area contributed by atoms with Gasteiger partial charge >= 0.3 is 6.01 Å². The highest BCUT2D eigenvalue weighted by molar-refractivity contribution is 5.76. The molecule has 2 aromatic heterocycles. The average molecular weight is 357 g/mol. The molecule has 2 aromatic rings. The molecule has 3 heterocycles. The molecule has 138 valence electrons. The van der Waals surface area contributed by atoms with Crippen molar-refractivity contribution < 1.29 is 9.53 Å². The van der Waals surface area contributed by atoms with Gasteiger partial charge in [0.2, 0.25) is 5.91 Å². The molecular formula is C18H23N5O3. The van der Waals surface area contributed by atoms with Gasteiger partial charge in [-0.3, -0.25) is 14.2 Å². The quantitative estimate of drug-likeness (QED) is 0.809. The zero-order valence-electron chi connectivity index (χ0n) is 15.5. The lowest BCUT2D eigenvalue weighted by Gasteiger charge is -2.17. The van der Waals surface area contributed by atoms with Gasteiger partial charge in [-0.1, -0.05) is 0 Å². The zero-order chi connectivity index (χ0) is 18.8. The Balaban J connectivity index is 1.62. The fourth-order valence-corrected chi connectivity index (χ4v) is 2.98. The second-order valence-electron chi connectivity index (χ2n) is 6.69. The third kappa shape index (κ3) is 3.89. The monoisotopic (exact) mass is 357 g/mol. The molecule has 1 atom stereocenters. The Labute approximate surface area is 151 Å². The van der Waals surface area contributed by atoms with E-state index in [2.05, 4.69) is 15.0 Å². The molecule has 8 nitrogen and oxygen atoms in total. The summed E-state index contributed by atoms with van der Waals surface area (Å²) in [6, 6.07) is 2.23. The number of hydrogen-bond acceptors (Lipinski definition) is 6. The van der Waals surface area contributed by atoms with Crippen molar-refractivity contribution in [2.24, 2.45) is 0 Å². The van der Waals surface area contributed by atoms with Crippen LogP contribution >= 0.6 is 0 Å². The molecule has 26 heavy (non-hydrogen) atoms. The number of carbonyl (C=O) groups is 1. The highest BCUT2D eigenvalue weighted by Gasteiger charge is 2.28. The Morgan fingerprint density at radius 3 is 2.62 bits per heavy atom. The molecule has 0 aliphatic carbocycles. The van der Waals surface area contributed by atoms with E-state index in [4.69, 9.17) is 4.74 Å². The van der Waals surface area contributed by atoms with Crippen molar-refractivity contribution in [3.05, 3.63) is 45.4 Å². The molecule has 1 aliphatic heterocycles. The van der Waals surface area contributed by atoms with Gasteiger partial charge in [-0.15, -0.1) is 0 Å². The fraction of sp³-hybridized carbons (Fsp3) is 0.500. The lowest BCUT2D eigenvalue weighted by atomic mass is 10.3. The lowest BCUT2D eigenvalue weighted by molar-refractivity contribution is -0.131. The maximum Gasteiger partial charge on any atom is 0.317 e. The molecule has 1 aliphatic rings. The van der Waals surface area contributed by atoms with Gasteiger partial charge in [0.15, 0.2) is 0 Å². The van der Waals surface area contributed by atoms with E-state index >= 15 is 0 Å². The SMILES string of the molecule is Cc1cc(C)nc(O[C@@H]2CCN(C(=O)Cn3cnc(C)c(C)c3=O)C2)n1. The number of hydrogen-bond donors (Lipinski definition) is 0. The molecule has 0 aromatic carbocycles. The van der Waals surface area contributed by atoms with Crippen molar-refractivity contribution >= 4 is 5.91 Å². The number of nitrogens with zero attached hydrogens (tertiary/aromatic N) is 5. The normalized spacial score (nSPS) is 16.8. The van der Waals surface area contributed by atoms with Gasteiger partial charge in [0, 0.05) is 35.6 Å². The van der Waals surface area contributed by atoms with E-state index in [1.54, 1.807) is 18.7 Å². The van der Waals surface area contributed by atoms with E-state index in [9.17, 15) is 9.59 Å². The smallest absolute Gasteiger partial charge is 0.317 e. The first-order valence-electron chi connectivity index (χ1n) is 8.63. The van der Waals surface area contributed by atoms with Crippen LogP contribution in [0.25, 0.3) is 0 Å². The molecular weight excluding hydrogens is 334 g/mol. The molecule has 0 N–H and O–H groups in total. The Bertz CT molecular complexity index is 873. The summed E-state index contributed by atoms with van der Waals surface area (Å²) in [6.07, 6.45) is 1.99. The van der Waals surface area contributed by atoms with Crippen molar-refractivity contribution in [1.82, 2.24) is 24.4 Å². The Kier molecular flexibility index (Phi) is 5.01. The van der Waals surface area contributed by atoms with E-state index in [0.717, 1.165) is 11.4 Å². The average Bonchev–Trinajstić information content (AvgIpc) is 3.03. The number of amides is 1. The number of ether oxygens (including phenoxy) is 1. The minimum Gasteiger partial charge on any atom is -0.458 e. The largest absolute Gasteiger partial charge is 0.458 e. The topological polar surface area (TPSA) is 90.2 Å². The summed E-state index contributed by atoms with van der Waals surface area (Å²) in [5.41, 5.74) is 2.76. The summed E-state index contributed by atoms with van der Waals surface area (Å²) >= 11 is 0. The van der Waals surface area contributed by atoms with Crippen LogP contribution < -0.4 is 10.3 Å². The maximum atomic E-state index is 12.5. The van der Waals surface area contributed by atoms with Crippen LogP contribution in [0.3, 0.4) is 0 Å². The summed E-state index contributed by atoms with van der Waals surface area (Å²) in [5.74, 6) is -0.121. The molecule has 0 unspecified atom stereocenters. The summed E-state index contributed by atoms with van der Waals surface area (Å²) < 4.78 is 7.18. The zero-order valence-corrected chi connectivity index (χ0v) is 15.5. The lowest BCUT2D eigenvalue weighted by Crippen LogP contribution is -2.37. The van der Waals surface area contributed by atoms with Crippen molar-refractivity contribution in [1.29, 1.82) is 0 Å². The van der Waals surface area contributed by atoms with Crippen molar-refractivity contribution in [3.8, 4) is 6.01 Å². The number of carbonyl (C=O) groups excluding carboxylic acids is 1. The molecule has 0 spiro atoms. The van der Waals surface area contributed by atoms with E-state index in [0.29, 0.717) is 36.8 Å². The molecule has 0 bridgehead atoms. The van der Waals surface area contributed by atoms with Crippen LogP contribution in [-0.2, 0) is 11.3 Å². The van der Waals surface area contributed by atoms with Gasteiger partial charge in [0.1, 0.15) is 12.6 Å². The van der Waals surface area contributed by atoms with Crippen molar-refractivity contribution in [2.75, 3.05) is 13.1 Å². The third-order valence-electron chi connectivity index (χ3n) is 4.55. The predicted octanol–water partition coefficient (Wildman–Crippen LogP) is 0.947. The second-order valence-corrected chi connectivity index (χ2v) is 6.69. The number of aryl methyl sites for hydroxylation is 3. The maximum absolute atomic E-state index is 12.5. The van der Waals surface area contributed by atoms with Crippen LogP contribution in [0.5, 0.6) is 6.01 Å². The Hall–Kier alpha value is -2.77. The molecule has 0 radical (unpaired) electrons. The first kappa shape index (κ1) is 18.0. The van der Waals surface area contributed by atoms with Gasteiger partial charge in [0.25, 0.3) is 5.56 Å². The standard InChI is InChI=1S/C18H23N5O3/c1-11-7-12(2)21-18(20-11)26-15-5-6-22(8-15)16(24)9-23-10-19-14(4)13(3)17(23)25/h7,10,15H,5-6,8-9H2,1-4H3/t15-/m1/s1. The second kappa shape index (κ2) is 7.23. The molecule has 1 saturated heterocycles. The third-order valence-corrected chi connectivity index (χ3v) is 4.55. The van der Waals surface area contributed by atoms with Crippen LogP contribution in [0.1, 0.15) is 29.1 Å². The number of likely N-dealkylation sites (tertiary alicyclic amines) is 1. The van der Waals surface area contributed by atoms with E-state index in [1.165, 1.54) is 10.9 Å². The summed E-state index contributed by atoms with van der Waals surface area (Å²) in [4.78, 5) is 39.2. The molecule has 1 amide bonds. The fourth-order valence-electron chi connectivity index (χ4n) is 2.98. The van der Waals surface area contributed by atoms with Crippen molar-refractivity contribution in [3.63, 3.8) is 0 Å². The van der Waals surface area contributed by atoms with Crippen LogP contribution in [0.4, 0.5) is 0 Å². The highest BCUT2D eigenvalue weighted by atomic mass is 16.5. The van der Waals surface area contributed by atoms with E-state index in [-0.39, 0.29) is 24.1 Å². The summed E-state index contributed by atoms with van der Waals surface area (Å²) in [7, 11) is 0. The molecule has 1 fully saturated rings. The van der Waals surface area contributed by atoms with Crippen LogP contribution in [-0.4, -0.2) is 49.5 Å². The Morgan fingerprint density at radius 2 is 1.92 bits per heavy atom. The van der Waals surface area contributed by atoms with Gasteiger partial charge in [-0.05, 0) is 33.8 Å². The predicted molar refractivity (Wildman–Crippen MR) is 95.1 cm³/mol. The van der Waals surface area contributed by atoms with Gasteiger partial charge in [-0.25, -0.2) is 15.0 Å². The molecule has 0 saturated carbocycles. The van der Waals surface area contributed by atoms with Crippen LogP contribution in [0, 0.1) is 27.7 Å². The minimum atomic E-state index is -0.179. The van der Waals surface area contributed by atoms with Gasteiger partial charge < -0.3 is 9.64 Å². The Morgan fingerprint density at radius 1 is 1.23 bits per heavy atom. The highest BCUT2D eigenvalue weighted by Crippen LogP contribution is 2.16. The van der Waals surface area contributed by atoms with Gasteiger partial charge in [0.05, 0.1) is 12.9 Å². The van der Waals surface area contributed by atoms with Gasteiger partial charge in [-0.2, -0.15) is 0 Å². The minimum absolute atomic E-state index is 0.0142. The van der Waals surface area contributed by atoms with Crippen LogP contribution in [0.15, 0.2) is 17.2 Å². The molecule has 3 rings (SSSR count). The summed E-state index contributed by atoms with van der Waals surface area (Å²) in [5, 5.41) is 0. The first-order chi connectivity index (χ1) is 12.3. The van der Waals surface area contributed by atoms with Crippen molar-refractivity contribution in [2.45, 2.75) is 46.8 Å². The first-order valence-corrected chi connectivity index (χ1v) is 8.63. The van der Waals surface area contributed by atoms with Crippen LogP contribution in [0.2, 0.25) is 0 Å².